The Morgan fingerprint density at radius 2 is 2.36 bits per heavy atom. The zero-order chi connectivity index (χ0) is 10.6. The van der Waals surface area contributed by atoms with Crippen molar-refractivity contribution in [2.24, 2.45) is 0 Å². The second-order valence-corrected chi connectivity index (χ2v) is 4.23. The van der Waals surface area contributed by atoms with Crippen molar-refractivity contribution < 1.29 is 5.11 Å². The van der Waals surface area contributed by atoms with Crippen LogP contribution in [-0.4, -0.2) is 22.7 Å². The lowest BCUT2D eigenvalue weighted by atomic mass is 10.2. The minimum atomic E-state index is 0.198. The van der Waals surface area contributed by atoms with Gasteiger partial charge < -0.3 is 10.4 Å². The molecule has 0 aliphatic carbocycles. The van der Waals surface area contributed by atoms with Crippen molar-refractivity contribution in [1.29, 1.82) is 0 Å². The van der Waals surface area contributed by atoms with Gasteiger partial charge >= 0.3 is 0 Å². The number of nitrogens with one attached hydrogen (secondary N) is 1. The molecule has 1 rings (SSSR count). The molecule has 0 fully saturated rings. The number of nitrogens with zero attached hydrogens (tertiary/aromatic N) is 1. The van der Waals surface area contributed by atoms with E-state index in [-0.39, 0.29) is 12.6 Å². The lowest BCUT2D eigenvalue weighted by Gasteiger charge is -2.13. The molecule has 1 atom stereocenters. The van der Waals surface area contributed by atoms with Crippen molar-refractivity contribution in [2.45, 2.75) is 26.3 Å². The average Bonchev–Trinajstić information content (AvgIpc) is 2.12. The molecule has 0 aromatic carbocycles. The molecule has 3 nitrogen and oxygen atoms in total. The van der Waals surface area contributed by atoms with Crippen molar-refractivity contribution in [1.82, 2.24) is 4.98 Å². The summed E-state index contributed by atoms with van der Waals surface area (Å²) in [5.74, 6) is 0.853. The lowest BCUT2D eigenvalue weighted by Crippen LogP contribution is -2.17. The van der Waals surface area contributed by atoms with Gasteiger partial charge in [-0.15, -0.1) is 0 Å². The Kier molecular flexibility index (Phi) is 4.35. The molecule has 1 aromatic rings. The minimum absolute atomic E-state index is 0.198. The van der Waals surface area contributed by atoms with Gasteiger partial charge in [-0.2, -0.15) is 0 Å². The van der Waals surface area contributed by atoms with Crippen LogP contribution in [0.2, 0.25) is 0 Å². The summed E-state index contributed by atoms with van der Waals surface area (Å²) < 4.78 is 1.01. The number of rotatable bonds is 4. The fraction of sp³-hybridized carbons (Fsp3) is 0.500. The van der Waals surface area contributed by atoms with Crippen molar-refractivity contribution >= 4 is 21.7 Å². The molecule has 0 aliphatic heterocycles. The Balaban J connectivity index is 2.63. The van der Waals surface area contributed by atoms with Crippen LogP contribution in [-0.2, 0) is 0 Å². The Morgan fingerprint density at radius 1 is 1.64 bits per heavy atom. The summed E-state index contributed by atoms with van der Waals surface area (Å²) in [6.45, 7) is 4.24. The molecule has 0 amide bonds. The highest BCUT2D eigenvalue weighted by molar-refractivity contribution is 9.10. The molecule has 1 heterocycles. The molecule has 0 bridgehead atoms. The highest BCUT2D eigenvalue weighted by Gasteiger charge is 2.03. The third-order valence-corrected chi connectivity index (χ3v) is 2.83. The smallest absolute Gasteiger partial charge is 0.126 e. The second-order valence-electron chi connectivity index (χ2n) is 3.38. The molecule has 4 heteroatoms. The van der Waals surface area contributed by atoms with E-state index in [2.05, 4.69) is 26.2 Å². The molecule has 0 saturated heterocycles. The molecule has 0 radical (unpaired) electrons. The summed E-state index contributed by atoms with van der Waals surface area (Å²) in [6.07, 6.45) is 2.51. The van der Waals surface area contributed by atoms with Crippen molar-refractivity contribution in [3.05, 3.63) is 22.3 Å². The number of aliphatic hydroxyl groups excluding tert-OH is 1. The minimum Gasteiger partial charge on any atom is -0.396 e. The van der Waals surface area contributed by atoms with Crippen LogP contribution < -0.4 is 5.32 Å². The summed E-state index contributed by atoms with van der Waals surface area (Å²) in [6, 6.07) is 2.23. The van der Waals surface area contributed by atoms with Crippen LogP contribution in [0.25, 0.3) is 0 Å². The van der Waals surface area contributed by atoms with Gasteiger partial charge in [0.25, 0.3) is 0 Å². The van der Waals surface area contributed by atoms with E-state index in [1.54, 1.807) is 6.20 Å². The number of pyridine rings is 1. The van der Waals surface area contributed by atoms with Crippen molar-refractivity contribution in [3.63, 3.8) is 0 Å². The maximum absolute atomic E-state index is 8.75. The van der Waals surface area contributed by atoms with Gasteiger partial charge in [-0.1, -0.05) is 0 Å². The highest BCUT2D eigenvalue weighted by atomic mass is 79.9. The van der Waals surface area contributed by atoms with E-state index in [0.717, 1.165) is 22.3 Å². The van der Waals surface area contributed by atoms with Crippen LogP contribution in [0.5, 0.6) is 0 Å². The van der Waals surface area contributed by atoms with Crippen LogP contribution in [0.3, 0.4) is 0 Å². The first-order valence-corrected chi connectivity index (χ1v) is 5.42. The molecule has 0 spiro atoms. The molecule has 0 aliphatic rings. The number of anilines is 1. The van der Waals surface area contributed by atoms with Crippen molar-refractivity contribution in [3.8, 4) is 0 Å². The van der Waals surface area contributed by atoms with E-state index < -0.39 is 0 Å². The molecular weight excluding hydrogens is 244 g/mol. The molecule has 0 unspecified atom stereocenters. The predicted octanol–water partition coefficient (Wildman–Crippen LogP) is 2.34. The number of hydrogen-bond donors (Lipinski definition) is 2. The third kappa shape index (κ3) is 3.27. The van der Waals surface area contributed by atoms with Gasteiger partial charge in [-0.3, -0.25) is 0 Å². The second kappa shape index (κ2) is 5.32. The molecule has 2 N–H and O–H groups in total. The van der Waals surface area contributed by atoms with Gasteiger partial charge in [0.05, 0.1) is 0 Å². The number of aliphatic hydroxyl groups is 1. The maximum atomic E-state index is 8.75. The van der Waals surface area contributed by atoms with Gasteiger partial charge in [-0.25, -0.2) is 4.98 Å². The van der Waals surface area contributed by atoms with E-state index in [1.165, 1.54) is 0 Å². The zero-order valence-electron chi connectivity index (χ0n) is 8.42. The number of halogens is 1. The van der Waals surface area contributed by atoms with E-state index in [1.807, 2.05) is 19.9 Å². The van der Waals surface area contributed by atoms with Crippen LogP contribution >= 0.6 is 15.9 Å². The normalized spacial score (nSPS) is 12.6. The average molecular weight is 259 g/mol. The number of aryl methyl sites for hydroxylation is 1. The first kappa shape index (κ1) is 11.5. The van der Waals surface area contributed by atoms with Gasteiger partial charge in [0.15, 0.2) is 0 Å². The van der Waals surface area contributed by atoms with Gasteiger partial charge in [-0.05, 0) is 47.8 Å². The molecule has 1 aromatic heterocycles. The van der Waals surface area contributed by atoms with Gasteiger partial charge in [0.2, 0.25) is 0 Å². The zero-order valence-corrected chi connectivity index (χ0v) is 10.0. The quantitative estimate of drug-likeness (QED) is 0.872. The van der Waals surface area contributed by atoms with E-state index >= 15 is 0 Å². The SMILES string of the molecule is Cc1cc(N[C@@H](C)CCO)ncc1Br. The topological polar surface area (TPSA) is 45.1 Å². The first-order valence-electron chi connectivity index (χ1n) is 4.63. The Bertz CT molecular complexity index is 304. The van der Waals surface area contributed by atoms with Crippen LogP contribution in [0.15, 0.2) is 16.7 Å². The molecule has 78 valence electrons. The highest BCUT2D eigenvalue weighted by Crippen LogP contribution is 2.17. The Hall–Kier alpha value is -0.610. The Labute approximate surface area is 92.7 Å². The summed E-state index contributed by atoms with van der Waals surface area (Å²) in [5.41, 5.74) is 1.15. The summed E-state index contributed by atoms with van der Waals surface area (Å²) in [4.78, 5) is 4.22. The van der Waals surface area contributed by atoms with Crippen LogP contribution in [0.4, 0.5) is 5.82 Å². The van der Waals surface area contributed by atoms with Crippen LogP contribution in [0, 0.1) is 6.92 Å². The monoisotopic (exact) mass is 258 g/mol. The Morgan fingerprint density at radius 3 is 2.93 bits per heavy atom. The summed E-state index contributed by atoms with van der Waals surface area (Å²) in [5, 5.41) is 12.0. The number of aromatic nitrogens is 1. The third-order valence-electron chi connectivity index (χ3n) is 2.00. The number of hydrogen-bond acceptors (Lipinski definition) is 3. The first-order chi connectivity index (χ1) is 6.63. The predicted molar refractivity (Wildman–Crippen MR) is 61.5 cm³/mol. The largest absolute Gasteiger partial charge is 0.396 e. The van der Waals surface area contributed by atoms with E-state index in [0.29, 0.717) is 0 Å². The fourth-order valence-corrected chi connectivity index (χ4v) is 1.35. The summed E-state index contributed by atoms with van der Waals surface area (Å²) in [7, 11) is 0. The molecule has 0 saturated carbocycles. The standard InChI is InChI=1S/C10H15BrN2O/c1-7-5-10(12-6-9(7)11)13-8(2)3-4-14/h5-6,8,14H,3-4H2,1-2H3,(H,12,13)/t8-/m0/s1. The lowest BCUT2D eigenvalue weighted by molar-refractivity contribution is 0.282. The fourth-order valence-electron chi connectivity index (χ4n) is 1.14. The van der Waals surface area contributed by atoms with Crippen molar-refractivity contribution in [2.75, 3.05) is 11.9 Å². The molecular formula is C10H15BrN2O. The summed E-state index contributed by atoms with van der Waals surface area (Å²) >= 11 is 3.40. The van der Waals surface area contributed by atoms with Gasteiger partial charge in [0, 0.05) is 23.3 Å². The van der Waals surface area contributed by atoms with E-state index in [4.69, 9.17) is 5.11 Å². The molecule has 14 heavy (non-hydrogen) atoms. The van der Waals surface area contributed by atoms with E-state index in [9.17, 15) is 0 Å². The maximum Gasteiger partial charge on any atom is 0.126 e. The van der Waals surface area contributed by atoms with Gasteiger partial charge in [0.1, 0.15) is 5.82 Å². The van der Waals surface area contributed by atoms with Crippen LogP contribution in [0.1, 0.15) is 18.9 Å².